The number of rotatable bonds is 2. The SMILES string of the molecule is Cc1cc(C)cc(N(C)C(=O)[C@@H]2CCCCN2)c1.Cl. The highest BCUT2D eigenvalue weighted by atomic mass is 35.5. The van der Waals surface area contributed by atoms with Gasteiger partial charge in [0, 0.05) is 12.7 Å². The quantitative estimate of drug-likeness (QED) is 0.905. The Kier molecular flexibility index (Phi) is 5.83. The van der Waals surface area contributed by atoms with Gasteiger partial charge in [-0.25, -0.2) is 0 Å². The fourth-order valence-corrected chi connectivity index (χ4v) is 2.57. The molecule has 1 aromatic rings. The second-order valence-electron chi connectivity index (χ2n) is 5.25. The van der Waals surface area contributed by atoms with Gasteiger partial charge in [-0.1, -0.05) is 12.5 Å². The molecule has 0 unspecified atom stereocenters. The van der Waals surface area contributed by atoms with Crippen LogP contribution in [-0.2, 0) is 4.79 Å². The van der Waals surface area contributed by atoms with Gasteiger partial charge in [0.05, 0.1) is 6.04 Å². The fourth-order valence-electron chi connectivity index (χ4n) is 2.57. The summed E-state index contributed by atoms with van der Waals surface area (Å²) < 4.78 is 0. The van der Waals surface area contributed by atoms with E-state index in [0.29, 0.717) is 0 Å². The third-order valence-electron chi connectivity index (χ3n) is 3.53. The largest absolute Gasteiger partial charge is 0.314 e. The second kappa shape index (κ2) is 6.92. The number of nitrogens with one attached hydrogen (secondary N) is 1. The Morgan fingerprint density at radius 1 is 1.21 bits per heavy atom. The van der Waals surface area contributed by atoms with Crippen LogP contribution >= 0.6 is 12.4 Å². The highest BCUT2D eigenvalue weighted by Gasteiger charge is 2.24. The van der Waals surface area contributed by atoms with E-state index in [2.05, 4.69) is 37.4 Å². The average Bonchev–Trinajstić information content (AvgIpc) is 2.37. The summed E-state index contributed by atoms with van der Waals surface area (Å²) >= 11 is 0. The number of benzene rings is 1. The van der Waals surface area contributed by atoms with Gasteiger partial charge in [0.1, 0.15) is 0 Å². The molecule has 1 amide bonds. The lowest BCUT2D eigenvalue weighted by Gasteiger charge is -2.27. The minimum absolute atomic E-state index is 0. The van der Waals surface area contributed by atoms with Crippen LogP contribution in [0.1, 0.15) is 30.4 Å². The molecule has 1 heterocycles. The van der Waals surface area contributed by atoms with Crippen molar-refractivity contribution < 1.29 is 4.79 Å². The van der Waals surface area contributed by atoms with Gasteiger partial charge in [0.15, 0.2) is 0 Å². The lowest BCUT2D eigenvalue weighted by atomic mass is 10.0. The maximum absolute atomic E-state index is 12.4. The number of halogens is 1. The number of anilines is 1. The zero-order valence-corrected chi connectivity index (χ0v) is 12.7. The number of amides is 1. The lowest BCUT2D eigenvalue weighted by molar-refractivity contribution is -0.120. The van der Waals surface area contributed by atoms with Crippen LogP contribution in [0.5, 0.6) is 0 Å². The zero-order chi connectivity index (χ0) is 13.1. The number of piperidine rings is 1. The molecule has 4 heteroatoms. The van der Waals surface area contributed by atoms with E-state index in [1.54, 1.807) is 4.90 Å². The number of nitrogens with zero attached hydrogens (tertiary/aromatic N) is 1. The maximum atomic E-state index is 12.4. The molecule has 106 valence electrons. The van der Waals surface area contributed by atoms with Gasteiger partial charge >= 0.3 is 0 Å². The first-order valence-corrected chi connectivity index (χ1v) is 6.67. The van der Waals surface area contributed by atoms with Gasteiger partial charge in [-0.05, 0) is 56.5 Å². The lowest BCUT2D eigenvalue weighted by Crippen LogP contribution is -2.47. The maximum Gasteiger partial charge on any atom is 0.243 e. The topological polar surface area (TPSA) is 32.3 Å². The average molecular weight is 283 g/mol. The Morgan fingerprint density at radius 3 is 2.37 bits per heavy atom. The van der Waals surface area contributed by atoms with Crippen molar-refractivity contribution >= 4 is 24.0 Å². The van der Waals surface area contributed by atoms with Crippen molar-refractivity contribution in [2.75, 3.05) is 18.5 Å². The van der Waals surface area contributed by atoms with E-state index in [1.807, 2.05) is 7.05 Å². The summed E-state index contributed by atoms with van der Waals surface area (Å²) in [7, 11) is 1.87. The summed E-state index contributed by atoms with van der Waals surface area (Å²) in [6.07, 6.45) is 3.27. The van der Waals surface area contributed by atoms with Crippen molar-refractivity contribution in [3.63, 3.8) is 0 Å². The molecule has 1 aromatic carbocycles. The van der Waals surface area contributed by atoms with E-state index in [9.17, 15) is 4.79 Å². The standard InChI is InChI=1S/C15H22N2O.ClH/c1-11-8-12(2)10-13(9-11)17(3)15(18)14-6-4-5-7-16-14;/h8-10,14,16H,4-7H2,1-3H3;1H/t14-;/m0./s1. The predicted molar refractivity (Wildman–Crippen MR) is 82.2 cm³/mol. The van der Waals surface area contributed by atoms with Crippen molar-refractivity contribution in [1.82, 2.24) is 5.32 Å². The summed E-state index contributed by atoms with van der Waals surface area (Å²) in [5.41, 5.74) is 3.38. The number of likely N-dealkylation sites (N-methyl/N-ethyl adjacent to an activating group) is 1. The molecule has 19 heavy (non-hydrogen) atoms. The Labute approximate surface area is 121 Å². The Balaban J connectivity index is 0.00000180. The Hall–Kier alpha value is -1.06. The molecule has 0 aromatic heterocycles. The fraction of sp³-hybridized carbons (Fsp3) is 0.533. The molecule has 0 bridgehead atoms. The normalized spacial score (nSPS) is 18.6. The van der Waals surface area contributed by atoms with Gasteiger partial charge in [-0.2, -0.15) is 0 Å². The van der Waals surface area contributed by atoms with Crippen LogP contribution < -0.4 is 10.2 Å². The summed E-state index contributed by atoms with van der Waals surface area (Å²) in [6, 6.07) is 6.24. The highest BCUT2D eigenvalue weighted by Crippen LogP contribution is 2.19. The minimum atomic E-state index is -0.00966. The van der Waals surface area contributed by atoms with Gasteiger partial charge < -0.3 is 10.2 Å². The molecule has 0 spiro atoms. The van der Waals surface area contributed by atoms with Crippen LogP contribution in [0.25, 0.3) is 0 Å². The molecule has 2 rings (SSSR count). The number of carbonyl (C=O) groups is 1. The second-order valence-corrected chi connectivity index (χ2v) is 5.25. The van der Waals surface area contributed by atoms with Crippen molar-refractivity contribution in [1.29, 1.82) is 0 Å². The van der Waals surface area contributed by atoms with Gasteiger partial charge in [-0.3, -0.25) is 4.79 Å². The third-order valence-corrected chi connectivity index (χ3v) is 3.53. The molecule has 0 saturated carbocycles. The van der Waals surface area contributed by atoms with Crippen LogP contribution in [0.3, 0.4) is 0 Å². The van der Waals surface area contributed by atoms with E-state index in [0.717, 1.165) is 25.1 Å². The van der Waals surface area contributed by atoms with Crippen molar-refractivity contribution in [2.24, 2.45) is 0 Å². The molecule has 1 atom stereocenters. The number of hydrogen-bond donors (Lipinski definition) is 1. The van der Waals surface area contributed by atoms with Crippen molar-refractivity contribution in [2.45, 2.75) is 39.2 Å². The molecule has 0 aliphatic carbocycles. The summed E-state index contributed by atoms with van der Waals surface area (Å²) in [6.45, 7) is 5.08. The van der Waals surface area contributed by atoms with E-state index in [1.165, 1.54) is 17.5 Å². The van der Waals surface area contributed by atoms with Crippen molar-refractivity contribution in [3.05, 3.63) is 29.3 Å². The first-order chi connectivity index (χ1) is 8.58. The summed E-state index contributed by atoms with van der Waals surface area (Å²) in [5.74, 6) is 0.180. The first kappa shape index (κ1) is 16.0. The highest BCUT2D eigenvalue weighted by molar-refractivity contribution is 5.96. The van der Waals surface area contributed by atoms with Crippen molar-refractivity contribution in [3.8, 4) is 0 Å². The molecule has 1 fully saturated rings. The van der Waals surface area contributed by atoms with Gasteiger partial charge in [0.25, 0.3) is 0 Å². The summed E-state index contributed by atoms with van der Waals surface area (Å²) in [5, 5.41) is 3.31. The zero-order valence-electron chi connectivity index (χ0n) is 11.9. The van der Waals surface area contributed by atoms with Crippen LogP contribution in [0.15, 0.2) is 18.2 Å². The van der Waals surface area contributed by atoms with Crippen LogP contribution in [-0.4, -0.2) is 25.5 Å². The Morgan fingerprint density at radius 2 is 1.84 bits per heavy atom. The van der Waals surface area contributed by atoms with E-state index >= 15 is 0 Å². The van der Waals surface area contributed by atoms with Crippen LogP contribution in [0, 0.1) is 13.8 Å². The van der Waals surface area contributed by atoms with E-state index < -0.39 is 0 Å². The van der Waals surface area contributed by atoms with E-state index in [-0.39, 0.29) is 24.4 Å². The monoisotopic (exact) mass is 282 g/mol. The molecule has 1 N–H and O–H groups in total. The number of carbonyl (C=O) groups excluding carboxylic acids is 1. The van der Waals surface area contributed by atoms with Gasteiger partial charge in [0.2, 0.25) is 5.91 Å². The molecular formula is C15H23ClN2O. The molecular weight excluding hydrogens is 260 g/mol. The molecule has 1 saturated heterocycles. The smallest absolute Gasteiger partial charge is 0.243 e. The van der Waals surface area contributed by atoms with Crippen LogP contribution in [0.4, 0.5) is 5.69 Å². The third kappa shape index (κ3) is 3.95. The predicted octanol–water partition coefficient (Wildman–Crippen LogP) is 2.83. The Bertz CT molecular complexity index is 422. The minimum Gasteiger partial charge on any atom is -0.314 e. The molecule has 1 aliphatic rings. The molecule has 0 radical (unpaired) electrons. The number of hydrogen-bond acceptors (Lipinski definition) is 2. The van der Waals surface area contributed by atoms with Gasteiger partial charge in [-0.15, -0.1) is 12.4 Å². The summed E-state index contributed by atoms with van der Waals surface area (Å²) in [4.78, 5) is 14.2. The number of aryl methyl sites for hydroxylation is 2. The van der Waals surface area contributed by atoms with E-state index in [4.69, 9.17) is 0 Å². The van der Waals surface area contributed by atoms with Crippen LogP contribution in [0.2, 0.25) is 0 Å². The first-order valence-electron chi connectivity index (χ1n) is 6.67. The molecule has 1 aliphatic heterocycles. The molecule has 3 nitrogen and oxygen atoms in total.